The number of allylic oxidation sites excluding steroid dienone is 4. The minimum Gasteiger partial charge on any atom is -1.00 e. The van der Waals surface area contributed by atoms with Crippen LogP contribution in [0.15, 0.2) is 78.4 Å². The number of halogens is 2. The van der Waals surface area contributed by atoms with E-state index >= 15 is 0 Å². The zero-order valence-corrected chi connectivity index (χ0v) is 30.4. The van der Waals surface area contributed by atoms with Crippen LogP contribution in [-0.4, -0.2) is 3.21 Å². The molecule has 0 saturated heterocycles. The Kier molecular flexibility index (Phi) is 15.4. The van der Waals surface area contributed by atoms with E-state index in [-0.39, 0.29) is 24.8 Å². The number of rotatable bonds is 4. The van der Waals surface area contributed by atoms with Crippen molar-refractivity contribution in [3.63, 3.8) is 0 Å². The molecule has 4 aromatic rings. The molecule has 0 saturated carbocycles. The third-order valence-corrected chi connectivity index (χ3v) is 8.42. The summed E-state index contributed by atoms with van der Waals surface area (Å²) < 4.78 is 1.46. The van der Waals surface area contributed by atoms with E-state index in [1.807, 2.05) is 6.07 Å². The zero-order chi connectivity index (χ0) is 28.7. The number of hydrogen-bond acceptors (Lipinski definition) is 0. The van der Waals surface area contributed by atoms with Crippen molar-refractivity contribution in [1.29, 1.82) is 0 Å². The van der Waals surface area contributed by atoms with Gasteiger partial charge >= 0.3 is 70.3 Å². The van der Waals surface area contributed by atoms with Gasteiger partial charge in [-0.25, -0.2) is 6.08 Å². The summed E-state index contributed by atoms with van der Waals surface area (Å²) in [5, 5.41) is 5.53. The SMILES string of the molecule is CCCCC1[C-]=CC(C(C)(C)C)=C1.C[C](=[Zr+2])c1ccccc1.Cc1cc2[cH-]c3cc(C)c(C)cc3c2cc1C.[Cl-].[Cl-]. The van der Waals surface area contributed by atoms with Crippen molar-refractivity contribution in [1.82, 2.24) is 0 Å². The Morgan fingerprint density at radius 2 is 1.32 bits per heavy atom. The maximum atomic E-state index is 3.43. The molecule has 0 fully saturated rings. The second kappa shape index (κ2) is 16.8. The Balaban J connectivity index is 0.000000315. The van der Waals surface area contributed by atoms with Crippen LogP contribution < -0.4 is 24.8 Å². The summed E-state index contributed by atoms with van der Waals surface area (Å²) >= 11 is 1.51. The summed E-state index contributed by atoms with van der Waals surface area (Å²) in [5.74, 6) is 0.592. The normalized spacial score (nSPS) is 13.8. The second-order valence-corrected chi connectivity index (χ2v) is 14.0. The zero-order valence-electron chi connectivity index (χ0n) is 26.4. The predicted octanol–water partition coefficient (Wildman–Crippen LogP) is 4.87. The minimum atomic E-state index is 0. The van der Waals surface area contributed by atoms with Gasteiger partial charge in [-0.05, 0) is 27.7 Å². The Labute approximate surface area is 277 Å². The van der Waals surface area contributed by atoms with Gasteiger partial charge in [0.05, 0.1) is 0 Å². The molecule has 0 nitrogen and oxygen atoms in total. The molecule has 1 unspecified atom stereocenters. The number of hydrogen-bond donors (Lipinski definition) is 0. The first-order chi connectivity index (χ1) is 18.4. The molecule has 5 rings (SSSR count). The smallest absolute Gasteiger partial charge is 0.0408 e. The molecule has 1 aliphatic carbocycles. The van der Waals surface area contributed by atoms with Crippen LogP contribution >= 0.6 is 0 Å². The summed E-state index contributed by atoms with van der Waals surface area (Å²) in [6, 6.07) is 22.0. The third kappa shape index (κ3) is 10.5. The van der Waals surface area contributed by atoms with E-state index in [1.165, 1.54) is 102 Å². The van der Waals surface area contributed by atoms with E-state index in [9.17, 15) is 0 Å². The predicted molar refractivity (Wildman–Crippen MR) is 171 cm³/mol. The molecule has 3 heteroatoms. The van der Waals surface area contributed by atoms with Gasteiger partial charge in [0, 0.05) is 0 Å². The van der Waals surface area contributed by atoms with E-state index in [1.54, 1.807) is 0 Å². The van der Waals surface area contributed by atoms with Crippen LogP contribution in [0.3, 0.4) is 0 Å². The van der Waals surface area contributed by atoms with Gasteiger partial charge in [0.25, 0.3) is 0 Å². The fourth-order valence-electron chi connectivity index (χ4n) is 4.81. The molecule has 0 heterocycles. The van der Waals surface area contributed by atoms with Crippen molar-refractivity contribution in [2.24, 2.45) is 11.3 Å². The maximum Gasteiger partial charge on any atom is -0.0408 e. The van der Waals surface area contributed by atoms with Crippen molar-refractivity contribution in [3.05, 3.63) is 112 Å². The first-order valence-corrected chi connectivity index (χ1v) is 15.6. The average molecular weight is 665 g/mol. The molecule has 41 heavy (non-hydrogen) atoms. The van der Waals surface area contributed by atoms with Gasteiger partial charge < -0.3 is 24.8 Å². The molecule has 0 radical (unpaired) electrons. The molecular weight excluding hydrogens is 619 g/mol. The molecular formula is C38H46Cl2Zr-2. The first kappa shape index (κ1) is 37.4. The molecule has 1 aliphatic rings. The average Bonchev–Trinajstić information content (AvgIpc) is 3.50. The van der Waals surface area contributed by atoms with Crippen LogP contribution in [0.2, 0.25) is 0 Å². The summed E-state index contributed by atoms with van der Waals surface area (Å²) in [7, 11) is 0. The monoisotopic (exact) mass is 662 g/mol. The van der Waals surface area contributed by atoms with Gasteiger partial charge in [-0.3, -0.25) is 6.08 Å². The van der Waals surface area contributed by atoms with Crippen LogP contribution in [-0.2, 0) is 24.2 Å². The summed E-state index contributed by atoms with van der Waals surface area (Å²) in [6.07, 6.45) is 11.9. The van der Waals surface area contributed by atoms with Crippen molar-refractivity contribution in [2.75, 3.05) is 0 Å². The minimum absolute atomic E-state index is 0. The van der Waals surface area contributed by atoms with E-state index < -0.39 is 0 Å². The van der Waals surface area contributed by atoms with Crippen LogP contribution in [0, 0.1) is 45.1 Å². The van der Waals surface area contributed by atoms with E-state index in [2.05, 4.69) is 135 Å². The fraction of sp³-hybridized carbons (Fsp3) is 0.368. The summed E-state index contributed by atoms with van der Waals surface area (Å²) in [6.45, 7) is 19.9. The van der Waals surface area contributed by atoms with Gasteiger partial charge in [0.1, 0.15) is 0 Å². The standard InChI is InChI=1S/C17H17.C13H21.C8H8.2ClH.Zr/c1-10-5-14-9-15-6-11(2)13(4)8-17(15)16(14)7-12(10)3;1-5-6-7-11-8-9-12(10-11)13(2,3)4;1-2-8-6-4-3-5-7-8;;;/h5-9H,1-4H3;9-11H,5-7H2,1-4H3;3-7H,1H3;2*1H;/q2*-1;;;;+2/p-2. The second-order valence-electron chi connectivity index (χ2n) is 12.1. The van der Waals surface area contributed by atoms with Crippen molar-refractivity contribution in [3.8, 4) is 0 Å². The van der Waals surface area contributed by atoms with Crippen LogP contribution in [0.4, 0.5) is 0 Å². The Morgan fingerprint density at radius 1 is 0.829 bits per heavy atom. The Bertz CT molecular complexity index is 1420. The van der Waals surface area contributed by atoms with Crippen molar-refractivity contribution >= 4 is 24.8 Å². The van der Waals surface area contributed by atoms with Gasteiger partial charge in [-0.1, -0.05) is 92.7 Å². The molecule has 218 valence electrons. The number of fused-ring (bicyclic) bond motifs is 3. The van der Waals surface area contributed by atoms with E-state index in [4.69, 9.17) is 0 Å². The topological polar surface area (TPSA) is 0 Å². The van der Waals surface area contributed by atoms with Gasteiger partial charge in [-0.15, -0.1) is 39.7 Å². The molecule has 0 spiro atoms. The van der Waals surface area contributed by atoms with Crippen LogP contribution in [0.1, 0.15) is 81.7 Å². The number of benzene rings is 3. The Morgan fingerprint density at radius 3 is 1.71 bits per heavy atom. The number of aryl methyl sites for hydroxylation is 4. The molecule has 0 bridgehead atoms. The molecule has 0 aliphatic heterocycles. The van der Waals surface area contributed by atoms with Gasteiger partial charge in [-0.2, -0.15) is 11.6 Å². The molecule has 0 amide bonds. The van der Waals surface area contributed by atoms with Crippen molar-refractivity contribution < 1.29 is 49.0 Å². The molecule has 4 aromatic carbocycles. The van der Waals surface area contributed by atoms with E-state index in [0.717, 1.165) is 0 Å². The Hall–Kier alpha value is -1.66. The fourth-order valence-corrected chi connectivity index (χ4v) is 5.21. The summed E-state index contributed by atoms with van der Waals surface area (Å²) in [5.41, 5.74) is 8.63. The molecule has 1 atom stereocenters. The first-order valence-electron chi connectivity index (χ1n) is 14.4. The van der Waals surface area contributed by atoms with Crippen LogP contribution in [0.25, 0.3) is 21.5 Å². The van der Waals surface area contributed by atoms with Crippen LogP contribution in [0.5, 0.6) is 0 Å². The summed E-state index contributed by atoms with van der Waals surface area (Å²) in [4.78, 5) is 0. The molecule has 0 N–H and O–H groups in total. The van der Waals surface area contributed by atoms with Gasteiger partial charge in [0.15, 0.2) is 0 Å². The third-order valence-electron chi connectivity index (χ3n) is 7.71. The number of unbranched alkanes of at least 4 members (excludes halogenated alkanes) is 1. The quantitative estimate of drug-likeness (QED) is 0.274. The molecule has 0 aromatic heterocycles. The van der Waals surface area contributed by atoms with Gasteiger partial charge in [0.2, 0.25) is 0 Å². The maximum absolute atomic E-state index is 3.43. The van der Waals surface area contributed by atoms with E-state index in [0.29, 0.717) is 11.3 Å². The largest absolute Gasteiger partial charge is 1.00 e. The van der Waals surface area contributed by atoms with Crippen molar-refractivity contribution in [2.45, 2.75) is 81.6 Å².